The molecule has 3 aromatic heterocycles. The van der Waals surface area contributed by atoms with Gasteiger partial charge in [-0.3, -0.25) is 19.2 Å². The average Bonchev–Trinajstić information content (AvgIpc) is 3.84. The Morgan fingerprint density at radius 1 is 0.622 bits per heavy atom. The number of nitrogens with zero attached hydrogens (tertiary/aromatic N) is 2. The molecule has 0 amide bonds. The molecule has 230 valence electrons. The van der Waals surface area contributed by atoms with Gasteiger partial charge in [0.05, 0.1) is 24.9 Å². The Labute approximate surface area is 273 Å². The lowest BCUT2D eigenvalue weighted by atomic mass is 9.81. The van der Waals surface area contributed by atoms with Gasteiger partial charge in [-0.05, 0) is 54.5 Å². The van der Waals surface area contributed by atoms with Gasteiger partial charge >= 0.3 is 0 Å². The van der Waals surface area contributed by atoms with Crippen molar-refractivity contribution in [3.63, 3.8) is 0 Å². The summed E-state index contributed by atoms with van der Waals surface area (Å²) in [5.74, 6) is -0.923. The lowest BCUT2D eigenvalue weighted by Gasteiger charge is -2.21. The van der Waals surface area contributed by atoms with E-state index < -0.39 is 5.41 Å². The van der Waals surface area contributed by atoms with Crippen LogP contribution < -0.4 is 0 Å². The first-order chi connectivity index (χ1) is 21.5. The van der Waals surface area contributed by atoms with Gasteiger partial charge in [-0.15, -0.1) is 34.0 Å². The number of thiophene rings is 3. The molecule has 6 aliphatic carbocycles. The normalized spacial score (nSPS) is 29.2. The summed E-state index contributed by atoms with van der Waals surface area (Å²) < 4.78 is 2.54. The van der Waals surface area contributed by atoms with Crippen molar-refractivity contribution in [1.29, 1.82) is 0 Å². The van der Waals surface area contributed by atoms with Crippen molar-refractivity contribution in [3.8, 4) is 9.75 Å². The molecule has 6 aliphatic rings. The number of fused-ring (bicyclic) bond motifs is 9. The zero-order valence-corrected chi connectivity index (χ0v) is 28.3. The predicted molar refractivity (Wildman–Crippen MR) is 182 cm³/mol. The summed E-state index contributed by atoms with van der Waals surface area (Å²) in [7, 11) is 0. The van der Waals surface area contributed by atoms with Crippen molar-refractivity contribution in [1.82, 2.24) is 0 Å². The van der Waals surface area contributed by atoms with Gasteiger partial charge in [-0.2, -0.15) is 0 Å². The van der Waals surface area contributed by atoms with Gasteiger partial charge in [0.2, 0.25) is 0 Å². The molecule has 3 heterocycles. The first-order valence-corrected chi connectivity index (χ1v) is 18.7. The van der Waals surface area contributed by atoms with Crippen LogP contribution in [0.5, 0.6) is 0 Å². The minimum absolute atomic E-state index is 0.0528. The molecule has 0 spiro atoms. The number of hydrogen-bond donors (Lipinski definition) is 0. The van der Waals surface area contributed by atoms with Gasteiger partial charge in [0.15, 0.2) is 28.8 Å². The lowest BCUT2D eigenvalue weighted by molar-refractivity contribution is -0.120. The van der Waals surface area contributed by atoms with E-state index in [-0.39, 0.29) is 63.6 Å². The van der Waals surface area contributed by atoms with Crippen molar-refractivity contribution >= 4 is 89.0 Å². The minimum atomic E-state index is -0.437. The van der Waals surface area contributed by atoms with E-state index in [9.17, 15) is 19.2 Å². The molecule has 0 saturated heterocycles. The van der Waals surface area contributed by atoms with Crippen LogP contribution in [0.15, 0.2) is 21.7 Å². The zero-order chi connectivity index (χ0) is 31.2. The summed E-state index contributed by atoms with van der Waals surface area (Å²) in [5.41, 5.74) is 4.23. The molecule has 0 radical (unpaired) electrons. The van der Waals surface area contributed by atoms with E-state index >= 15 is 0 Å². The maximum atomic E-state index is 13.2. The molecular formula is C36H34N2O4S3. The van der Waals surface area contributed by atoms with Crippen molar-refractivity contribution in [2.75, 3.05) is 0 Å². The van der Waals surface area contributed by atoms with E-state index in [0.29, 0.717) is 0 Å². The van der Waals surface area contributed by atoms with Crippen LogP contribution in [-0.2, 0) is 30.0 Å². The number of Topliss-reactive ketones (excluding diaryl/α,β-unsaturated/α-hetero) is 4. The molecule has 9 rings (SSSR count). The molecule has 4 atom stereocenters. The SMILES string of the molecule is CC1(C)C(N=C2C(=O)C3CCCCC3C2=O)=Cc2sc3c4c(sc3c21)-c1sc(N=C2C(=O)C3CCCCC3C2=O)cc1C4(C)C. The van der Waals surface area contributed by atoms with Gasteiger partial charge < -0.3 is 0 Å². The Morgan fingerprint density at radius 2 is 1.13 bits per heavy atom. The van der Waals surface area contributed by atoms with E-state index in [1.165, 1.54) is 35.8 Å². The highest BCUT2D eigenvalue weighted by molar-refractivity contribution is 7.33. The van der Waals surface area contributed by atoms with Crippen LogP contribution in [0.2, 0.25) is 0 Å². The zero-order valence-electron chi connectivity index (χ0n) is 25.9. The lowest BCUT2D eigenvalue weighted by Crippen LogP contribution is -2.21. The second-order valence-electron chi connectivity index (χ2n) is 14.8. The van der Waals surface area contributed by atoms with Crippen molar-refractivity contribution in [3.05, 3.63) is 33.3 Å². The molecule has 0 aliphatic heterocycles. The maximum absolute atomic E-state index is 13.2. The fourth-order valence-corrected chi connectivity index (χ4v) is 13.9. The molecule has 9 heteroatoms. The Kier molecular flexibility index (Phi) is 5.89. The first kappa shape index (κ1) is 28.4. The summed E-state index contributed by atoms with van der Waals surface area (Å²) in [6.07, 6.45) is 9.34. The van der Waals surface area contributed by atoms with E-state index in [1.54, 1.807) is 34.0 Å². The average molecular weight is 655 g/mol. The highest BCUT2D eigenvalue weighted by Gasteiger charge is 2.50. The standard InChI is InChI=1S/C36H34N2O4S3/c1-35(2)19-13-22(38-26-29(41)17-11-7-8-12-18(17)30(26)42)44-31(19)33-24(35)34-32(45-33)23-20(43-34)14-21(36(23,3)4)37-25-27(39)15-9-5-6-10-16(15)28(25)40/h13-18H,5-12H2,1-4H3. The van der Waals surface area contributed by atoms with Crippen LogP contribution in [0.3, 0.4) is 0 Å². The molecular weight excluding hydrogens is 621 g/mol. The van der Waals surface area contributed by atoms with E-state index in [1.807, 2.05) is 0 Å². The van der Waals surface area contributed by atoms with Gasteiger partial charge in [-0.25, -0.2) is 9.98 Å². The fourth-order valence-electron chi connectivity index (χ4n) is 9.09. The molecule has 0 bridgehead atoms. The van der Waals surface area contributed by atoms with Crippen LogP contribution in [0.4, 0.5) is 5.00 Å². The van der Waals surface area contributed by atoms with Crippen LogP contribution in [0.25, 0.3) is 25.2 Å². The first-order valence-electron chi connectivity index (χ1n) is 16.3. The third-order valence-electron chi connectivity index (χ3n) is 11.6. The van der Waals surface area contributed by atoms with Gasteiger partial charge in [-0.1, -0.05) is 53.4 Å². The van der Waals surface area contributed by atoms with Crippen molar-refractivity contribution in [2.24, 2.45) is 33.7 Å². The second-order valence-corrected chi connectivity index (χ2v) is 17.9. The predicted octanol–water partition coefficient (Wildman–Crippen LogP) is 8.39. The summed E-state index contributed by atoms with van der Waals surface area (Å²) in [5, 5.41) is 0.739. The number of rotatable bonds is 2. The van der Waals surface area contributed by atoms with E-state index in [0.717, 1.165) is 66.9 Å². The maximum Gasteiger partial charge on any atom is 0.188 e. The van der Waals surface area contributed by atoms with Crippen LogP contribution in [-0.4, -0.2) is 34.6 Å². The molecule has 4 saturated carbocycles. The molecule has 3 aromatic rings. The smallest absolute Gasteiger partial charge is 0.188 e. The summed E-state index contributed by atoms with van der Waals surface area (Å²) in [6.45, 7) is 8.83. The van der Waals surface area contributed by atoms with Crippen LogP contribution >= 0.6 is 34.0 Å². The van der Waals surface area contributed by atoms with Gasteiger partial charge in [0.1, 0.15) is 10.7 Å². The summed E-state index contributed by atoms with van der Waals surface area (Å²) >= 11 is 5.18. The second kappa shape index (κ2) is 9.35. The van der Waals surface area contributed by atoms with Crippen molar-refractivity contribution < 1.29 is 19.2 Å². The molecule has 45 heavy (non-hydrogen) atoms. The molecule has 4 unspecified atom stereocenters. The third kappa shape index (κ3) is 3.66. The van der Waals surface area contributed by atoms with Crippen LogP contribution in [0, 0.1) is 23.7 Å². The van der Waals surface area contributed by atoms with Gasteiger partial charge in [0, 0.05) is 39.4 Å². The Hall–Kier alpha value is -2.88. The largest absolute Gasteiger partial charge is 0.292 e. The Bertz CT molecular complexity index is 1980. The number of hydrogen-bond acceptors (Lipinski definition) is 9. The number of carbonyl (C=O) groups is 4. The monoisotopic (exact) mass is 654 g/mol. The number of aliphatic imine (C=N–C) groups is 2. The number of allylic oxidation sites excluding steroid dienone is 1. The third-order valence-corrected chi connectivity index (χ3v) is 15.3. The molecule has 4 fully saturated rings. The number of carbonyl (C=O) groups excluding carboxylic acids is 4. The highest BCUT2D eigenvalue weighted by atomic mass is 32.1. The summed E-state index contributed by atoms with van der Waals surface area (Å²) in [4.78, 5) is 66.0. The van der Waals surface area contributed by atoms with Crippen LogP contribution in [0.1, 0.15) is 101 Å². The van der Waals surface area contributed by atoms with E-state index in [2.05, 4.69) is 39.8 Å². The van der Waals surface area contributed by atoms with Crippen molar-refractivity contribution in [2.45, 2.75) is 89.9 Å². The molecule has 6 nitrogen and oxygen atoms in total. The molecule has 0 aromatic carbocycles. The Morgan fingerprint density at radius 3 is 1.69 bits per heavy atom. The fraction of sp³-hybridized carbons (Fsp3) is 0.500. The van der Waals surface area contributed by atoms with E-state index in [4.69, 9.17) is 9.98 Å². The summed E-state index contributed by atoms with van der Waals surface area (Å²) in [6, 6.07) is 2.10. The topological polar surface area (TPSA) is 93.0 Å². The minimum Gasteiger partial charge on any atom is -0.292 e. The molecule has 0 N–H and O–H groups in total. The Balaban J connectivity index is 1.09. The highest BCUT2D eigenvalue weighted by Crippen LogP contribution is 2.63. The van der Waals surface area contributed by atoms with Gasteiger partial charge in [0.25, 0.3) is 0 Å². The quantitative estimate of drug-likeness (QED) is 0.277. The number of ketones is 4.